The molecule has 1 aromatic carbocycles. The quantitative estimate of drug-likeness (QED) is 0.655. The Labute approximate surface area is 154 Å². The third-order valence-electron chi connectivity index (χ3n) is 5.46. The second-order valence-corrected chi connectivity index (χ2v) is 7.29. The maximum absolute atomic E-state index is 6.14. The Balaban J connectivity index is 1.38. The smallest absolute Gasteiger partial charge is 0.193 e. The number of benzene rings is 1. The van der Waals surface area contributed by atoms with Crippen molar-refractivity contribution in [2.24, 2.45) is 10.7 Å². The highest BCUT2D eigenvalue weighted by atomic mass is 15.3. The van der Waals surface area contributed by atoms with E-state index in [1.165, 1.54) is 49.7 Å². The van der Waals surface area contributed by atoms with Gasteiger partial charge in [-0.1, -0.05) is 18.6 Å². The van der Waals surface area contributed by atoms with Crippen LogP contribution in [0.25, 0.3) is 0 Å². The minimum Gasteiger partial charge on any atom is -0.370 e. The molecule has 0 saturated heterocycles. The summed E-state index contributed by atoms with van der Waals surface area (Å²) in [7, 11) is 0. The third-order valence-corrected chi connectivity index (χ3v) is 5.46. The maximum Gasteiger partial charge on any atom is 0.193 e. The highest BCUT2D eigenvalue weighted by molar-refractivity contribution is 5.93. The van der Waals surface area contributed by atoms with Crippen LogP contribution < -0.4 is 11.1 Å². The molecule has 2 aromatic rings. The number of aliphatic imine (C=N–C) groups is 1. The number of nitrogens with two attached hydrogens (primary N) is 1. The van der Waals surface area contributed by atoms with E-state index < -0.39 is 0 Å². The first-order valence-electron chi connectivity index (χ1n) is 9.90. The first kappa shape index (κ1) is 17.1. The first-order chi connectivity index (χ1) is 12.8. The van der Waals surface area contributed by atoms with E-state index >= 15 is 0 Å². The first-order valence-corrected chi connectivity index (χ1v) is 9.90. The van der Waals surface area contributed by atoms with Crippen molar-refractivity contribution in [3.63, 3.8) is 0 Å². The summed E-state index contributed by atoms with van der Waals surface area (Å²) >= 11 is 0. The normalized spacial score (nSPS) is 17.3. The van der Waals surface area contributed by atoms with E-state index in [4.69, 9.17) is 5.73 Å². The van der Waals surface area contributed by atoms with Crippen LogP contribution in [0.5, 0.6) is 0 Å². The van der Waals surface area contributed by atoms with E-state index in [0.29, 0.717) is 12.5 Å². The molecule has 26 heavy (non-hydrogen) atoms. The summed E-state index contributed by atoms with van der Waals surface area (Å²) in [5.74, 6) is 2.65. The lowest BCUT2D eigenvalue weighted by Gasteiger charge is -2.19. The van der Waals surface area contributed by atoms with Crippen LogP contribution in [-0.2, 0) is 32.2 Å². The van der Waals surface area contributed by atoms with Crippen molar-refractivity contribution in [1.82, 2.24) is 14.8 Å². The van der Waals surface area contributed by atoms with Gasteiger partial charge in [-0.05, 0) is 55.7 Å². The summed E-state index contributed by atoms with van der Waals surface area (Å²) in [6.07, 6.45) is 10.3. The largest absolute Gasteiger partial charge is 0.370 e. The van der Waals surface area contributed by atoms with Gasteiger partial charge in [0.2, 0.25) is 0 Å². The summed E-state index contributed by atoms with van der Waals surface area (Å²) in [4.78, 5) is 4.52. The number of nitrogens with zero attached hydrogens (tertiary/aromatic N) is 4. The molecule has 0 radical (unpaired) electrons. The molecule has 0 unspecified atom stereocenters. The summed E-state index contributed by atoms with van der Waals surface area (Å²) in [6.45, 7) is 1.66. The Morgan fingerprint density at radius 3 is 2.92 bits per heavy atom. The van der Waals surface area contributed by atoms with Gasteiger partial charge in [-0.25, -0.2) is 0 Å². The van der Waals surface area contributed by atoms with E-state index in [9.17, 15) is 0 Å². The Hall–Kier alpha value is -2.37. The van der Waals surface area contributed by atoms with Crippen molar-refractivity contribution >= 4 is 11.6 Å². The van der Waals surface area contributed by atoms with Gasteiger partial charge in [0, 0.05) is 31.6 Å². The lowest BCUT2D eigenvalue weighted by Crippen LogP contribution is -2.24. The van der Waals surface area contributed by atoms with Crippen LogP contribution in [0.3, 0.4) is 0 Å². The van der Waals surface area contributed by atoms with Crippen molar-refractivity contribution < 1.29 is 0 Å². The Kier molecular flexibility index (Phi) is 5.18. The molecule has 0 bridgehead atoms. The summed E-state index contributed by atoms with van der Waals surface area (Å²) in [6, 6.07) is 6.43. The van der Waals surface area contributed by atoms with Crippen LogP contribution in [-0.4, -0.2) is 27.3 Å². The standard InChI is InChI=1S/C20H28N6/c21-20(23-17-10-6-8-15-7-3-4-9-16(15)17)22-13-12-19-25-24-18-11-2-1-5-14-26(18)19/h6,8,10H,1-5,7,9,11-14H2,(H3,21,22,23). The molecule has 2 heterocycles. The van der Waals surface area contributed by atoms with E-state index in [-0.39, 0.29) is 0 Å². The summed E-state index contributed by atoms with van der Waals surface area (Å²) in [5.41, 5.74) is 10.1. The van der Waals surface area contributed by atoms with E-state index in [0.717, 1.165) is 43.1 Å². The second-order valence-electron chi connectivity index (χ2n) is 7.29. The average molecular weight is 352 g/mol. The van der Waals surface area contributed by atoms with E-state index in [1.54, 1.807) is 0 Å². The molecule has 0 atom stereocenters. The van der Waals surface area contributed by atoms with Crippen molar-refractivity contribution in [2.75, 3.05) is 11.9 Å². The number of fused-ring (bicyclic) bond motifs is 2. The zero-order chi connectivity index (χ0) is 17.8. The van der Waals surface area contributed by atoms with Crippen molar-refractivity contribution in [2.45, 2.75) is 64.3 Å². The molecule has 3 N–H and O–H groups in total. The zero-order valence-electron chi connectivity index (χ0n) is 15.4. The third kappa shape index (κ3) is 3.74. The number of hydrogen-bond acceptors (Lipinski definition) is 3. The maximum atomic E-state index is 6.14. The van der Waals surface area contributed by atoms with Gasteiger partial charge in [0.05, 0.1) is 0 Å². The Bertz CT molecular complexity index is 792. The van der Waals surface area contributed by atoms with Gasteiger partial charge in [-0.2, -0.15) is 0 Å². The lowest BCUT2D eigenvalue weighted by molar-refractivity contribution is 0.605. The summed E-state index contributed by atoms with van der Waals surface area (Å²) in [5, 5.41) is 12.0. The molecule has 138 valence electrons. The molecule has 0 saturated carbocycles. The highest BCUT2D eigenvalue weighted by Crippen LogP contribution is 2.27. The van der Waals surface area contributed by atoms with Crippen molar-refractivity contribution in [3.05, 3.63) is 41.0 Å². The molecule has 6 heteroatoms. The number of hydrogen-bond donors (Lipinski definition) is 2. The predicted molar refractivity (Wildman–Crippen MR) is 104 cm³/mol. The van der Waals surface area contributed by atoms with Crippen LogP contribution in [0.4, 0.5) is 5.69 Å². The number of aromatic nitrogens is 3. The number of guanidine groups is 1. The molecule has 6 nitrogen and oxygen atoms in total. The van der Waals surface area contributed by atoms with Crippen LogP contribution in [0.2, 0.25) is 0 Å². The Morgan fingerprint density at radius 1 is 1.08 bits per heavy atom. The molecule has 0 spiro atoms. The minimum atomic E-state index is 0.486. The topological polar surface area (TPSA) is 81.1 Å². The van der Waals surface area contributed by atoms with E-state index in [1.807, 2.05) is 0 Å². The van der Waals surface area contributed by atoms with Crippen LogP contribution in [0.15, 0.2) is 23.2 Å². The van der Waals surface area contributed by atoms with Crippen LogP contribution in [0.1, 0.15) is 54.9 Å². The molecule has 1 aromatic heterocycles. The van der Waals surface area contributed by atoms with Gasteiger partial charge < -0.3 is 15.6 Å². The van der Waals surface area contributed by atoms with Crippen LogP contribution >= 0.6 is 0 Å². The highest BCUT2D eigenvalue weighted by Gasteiger charge is 2.15. The molecule has 4 rings (SSSR count). The van der Waals surface area contributed by atoms with Gasteiger partial charge in [-0.15, -0.1) is 10.2 Å². The molecule has 1 aliphatic heterocycles. The zero-order valence-corrected chi connectivity index (χ0v) is 15.4. The molecular weight excluding hydrogens is 324 g/mol. The van der Waals surface area contributed by atoms with Crippen LogP contribution in [0, 0.1) is 0 Å². The Morgan fingerprint density at radius 2 is 1.96 bits per heavy atom. The number of anilines is 1. The number of aryl methyl sites for hydroxylation is 2. The minimum absolute atomic E-state index is 0.486. The number of rotatable bonds is 4. The van der Waals surface area contributed by atoms with E-state index in [2.05, 4.69) is 43.3 Å². The lowest BCUT2D eigenvalue weighted by atomic mass is 9.90. The molecule has 2 aliphatic rings. The molecule has 0 amide bonds. The fourth-order valence-electron chi connectivity index (χ4n) is 4.08. The molecule has 1 aliphatic carbocycles. The van der Waals surface area contributed by atoms with Crippen molar-refractivity contribution in [3.8, 4) is 0 Å². The van der Waals surface area contributed by atoms with Gasteiger partial charge in [0.1, 0.15) is 11.6 Å². The molecular formula is C20H28N6. The SMILES string of the molecule is NC(=NCCc1nnc2n1CCCCC2)Nc1cccc2c1CCCC2. The predicted octanol–water partition coefficient (Wildman–Crippen LogP) is 2.85. The van der Waals surface area contributed by atoms with Gasteiger partial charge >= 0.3 is 0 Å². The number of nitrogens with one attached hydrogen (secondary N) is 1. The monoisotopic (exact) mass is 352 g/mol. The average Bonchev–Trinajstić information content (AvgIpc) is 2.88. The second kappa shape index (κ2) is 7.89. The molecule has 0 fully saturated rings. The van der Waals surface area contributed by atoms with Gasteiger partial charge in [0.25, 0.3) is 0 Å². The van der Waals surface area contributed by atoms with Gasteiger partial charge in [0.15, 0.2) is 5.96 Å². The fraction of sp³-hybridized carbons (Fsp3) is 0.550. The van der Waals surface area contributed by atoms with Crippen molar-refractivity contribution in [1.29, 1.82) is 0 Å². The fourth-order valence-corrected chi connectivity index (χ4v) is 4.08. The van der Waals surface area contributed by atoms with Gasteiger partial charge in [-0.3, -0.25) is 4.99 Å². The summed E-state index contributed by atoms with van der Waals surface area (Å²) < 4.78 is 2.28.